The molecule has 1 atom stereocenters. The fraction of sp³-hybridized carbons (Fsp3) is 0.375. The Morgan fingerprint density at radius 2 is 2.20 bits per heavy atom. The van der Waals surface area contributed by atoms with Crippen LogP contribution in [0.5, 0.6) is 5.75 Å². The van der Waals surface area contributed by atoms with Gasteiger partial charge >= 0.3 is 0 Å². The molecule has 4 heterocycles. The molecule has 25 heavy (non-hydrogen) atoms. The Morgan fingerprint density at radius 3 is 3.00 bits per heavy atom. The standard InChI is InChI=1S/C16H18ClN7O/c1-11-16-22-21-15(10-25-14-4-13(17)7-18-8-14)24(16)3-2-23(11)9-12-5-19-20-6-12/h4-8,11H,2-3,9-10H2,1H3,(H,19,20)/t11-/m1/s1. The van der Waals surface area contributed by atoms with Crippen molar-refractivity contribution in [3.63, 3.8) is 0 Å². The van der Waals surface area contributed by atoms with E-state index in [1.807, 2.05) is 12.4 Å². The minimum Gasteiger partial charge on any atom is -0.484 e. The molecule has 0 saturated heterocycles. The maximum Gasteiger partial charge on any atom is 0.171 e. The number of aromatic amines is 1. The molecule has 130 valence electrons. The highest BCUT2D eigenvalue weighted by Crippen LogP contribution is 2.26. The molecular formula is C16H18ClN7O. The highest BCUT2D eigenvalue weighted by Gasteiger charge is 2.28. The van der Waals surface area contributed by atoms with Crippen molar-refractivity contribution < 1.29 is 4.74 Å². The van der Waals surface area contributed by atoms with Crippen LogP contribution in [0.1, 0.15) is 30.2 Å². The summed E-state index contributed by atoms with van der Waals surface area (Å²) in [6, 6.07) is 1.91. The molecule has 3 aromatic heterocycles. The van der Waals surface area contributed by atoms with Crippen LogP contribution in [0, 0.1) is 0 Å². The minimum absolute atomic E-state index is 0.178. The van der Waals surface area contributed by atoms with Crippen molar-refractivity contribution in [2.24, 2.45) is 0 Å². The second kappa shape index (κ2) is 6.81. The molecule has 3 aromatic rings. The molecule has 0 fully saturated rings. The summed E-state index contributed by atoms with van der Waals surface area (Å²) in [6.07, 6.45) is 6.98. The van der Waals surface area contributed by atoms with Crippen molar-refractivity contribution in [3.05, 3.63) is 53.1 Å². The van der Waals surface area contributed by atoms with E-state index in [1.54, 1.807) is 18.5 Å². The van der Waals surface area contributed by atoms with Gasteiger partial charge in [-0.1, -0.05) is 11.6 Å². The van der Waals surface area contributed by atoms with Gasteiger partial charge in [-0.2, -0.15) is 5.10 Å². The Morgan fingerprint density at radius 1 is 1.28 bits per heavy atom. The van der Waals surface area contributed by atoms with Gasteiger partial charge in [-0.3, -0.25) is 15.0 Å². The summed E-state index contributed by atoms with van der Waals surface area (Å²) in [5.74, 6) is 2.39. The smallest absolute Gasteiger partial charge is 0.171 e. The second-order valence-corrected chi connectivity index (χ2v) is 6.44. The summed E-state index contributed by atoms with van der Waals surface area (Å²) in [5, 5.41) is 16.1. The molecule has 9 heteroatoms. The first-order valence-electron chi connectivity index (χ1n) is 8.08. The molecule has 1 aliphatic rings. The van der Waals surface area contributed by atoms with Crippen LogP contribution in [0.3, 0.4) is 0 Å². The van der Waals surface area contributed by atoms with Crippen molar-refractivity contribution in [1.29, 1.82) is 0 Å². The van der Waals surface area contributed by atoms with E-state index in [0.717, 1.165) is 36.8 Å². The molecule has 0 aliphatic carbocycles. The maximum absolute atomic E-state index is 5.93. The SMILES string of the molecule is C[C@@H]1c2nnc(COc3cncc(Cl)c3)n2CCN1Cc1cn[nH]c1. The first-order valence-corrected chi connectivity index (χ1v) is 8.45. The van der Waals surface area contributed by atoms with Gasteiger partial charge < -0.3 is 9.30 Å². The molecule has 0 bridgehead atoms. The lowest BCUT2D eigenvalue weighted by Crippen LogP contribution is -2.37. The molecule has 1 N–H and O–H groups in total. The summed E-state index contributed by atoms with van der Waals surface area (Å²) in [6.45, 7) is 5.07. The molecule has 0 unspecified atom stereocenters. The third kappa shape index (κ3) is 3.35. The van der Waals surface area contributed by atoms with E-state index in [2.05, 4.69) is 41.8 Å². The molecule has 1 aliphatic heterocycles. The Kier molecular flexibility index (Phi) is 4.37. The van der Waals surface area contributed by atoms with Gasteiger partial charge in [0, 0.05) is 43.7 Å². The lowest BCUT2D eigenvalue weighted by atomic mass is 10.2. The van der Waals surface area contributed by atoms with Crippen LogP contribution in [-0.2, 0) is 19.7 Å². The van der Waals surface area contributed by atoms with Crippen LogP contribution in [0.2, 0.25) is 5.02 Å². The zero-order valence-corrected chi connectivity index (χ0v) is 14.5. The Balaban J connectivity index is 1.46. The molecule has 8 nitrogen and oxygen atoms in total. The number of fused-ring (bicyclic) bond motifs is 1. The zero-order chi connectivity index (χ0) is 17.2. The van der Waals surface area contributed by atoms with Gasteiger partial charge in [0.25, 0.3) is 0 Å². The number of rotatable bonds is 5. The predicted molar refractivity (Wildman–Crippen MR) is 91.0 cm³/mol. The van der Waals surface area contributed by atoms with E-state index in [0.29, 0.717) is 17.4 Å². The number of pyridine rings is 1. The number of aromatic nitrogens is 6. The molecule has 0 amide bonds. The van der Waals surface area contributed by atoms with Crippen LogP contribution in [-0.4, -0.2) is 41.4 Å². The van der Waals surface area contributed by atoms with Crippen molar-refractivity contribution in [1.82, 2.24) is 34.8 Å². The fourth-order valence-electron chi connectivity index (χ4n) is 3.03. The lowest BCUT2D eigenvalue weighted by molar-refractivity contribution is 0.152. The number of hydrogen-bond donors (Lipinski definition) is 1. The number of ether oxygens (including phenoxy) is 1. The van der Waals surface area contributed by atoms with Crippen LogP contribution >= 0.6 is 11.6 Å². The van der Waals surface area contributed by atoms with E-state index in [1.165, 1.54) is 0 Å². The van der Waals surface area contributed by atoms with Crippen LogP contribution < -0.4 is 4.74 Å². The Labute approximate surface area is 149 Å². The van der Waals surface area contributed by atoms with Crippen molar-refractivity contribution in [2.45, 2.75) is 32.7 Å². The molecule has 0 spiro atoms. The summed E-state index contributed by atoms with van der Waals surface area (Å²) in [4.78, 5) is 6.38. The maximum atomic E-state index is 5.93. The van der Waals surface area contributed by atoms with Crippen LogP contribution in [0.25, 0.3) is 0 Å². The summed E-state index contributed by atoms with van der Waals surface area (Å²) < 4.78 is 7.88. The van der Waals surface area contributed by atoms with E-state index < -0.39 is 0 Å². The van der Waals surface area contributed by atoms with E-state index in [4.69, 9.17) is 16.3 Å². The topological polar surface area (TPSA) is 84.8 Å². The second-order valence-electron chi connectivity index (χ2n) is 6.01. The molecule has 0 radical (unpaired) electrons. The fourth-order valence-corrected chi connectivity index (χ4v) is 3.19. The Bertz CT molecular complexity index is 848. The van der Waals surface area contributed by atoms with Crippen LogP contribution in [0.4, 0.5) is 0 Å². The van der Waals surface area contributed by atoms with Crippen LogP contribution in [0.15, 0.2) is 30.9 Å². The number of H-pyrrole nitrogens is 1. The largest absolute Gasteiger partial charge is 0.484 e. The van der Waals surface area contributed by atoms with Gasteiger partial charge in [-0.05, 0) is 6.92 Å². The van der Waals surface area contributed by atoms with Gasteiger partial charge in [0.1, 0.15) is 18.2 Å². The average molecular weight is 360 g/mol. The van der Waals surface area contributed by atoms with Crippen molar-refractivity contribution in [2.75, 3.05) is 6.54 Å². The predicted octanol–water partition coefficient (Wildman–Crippen LogP) is 2.21. The quantitative estimate of drug-likeness (QED) is 0.751. The normalized spacial score (nSPS) is 17.4. The third-order valence-corrected chi connectivity index (χ3v) is 4.58. The first-order chi connectivity index (χ1) is 12.2. The van der Waals surface area contributed by atoms with Gasteiger partial charge in [0.2, 0.25) is 0 Å². The Hall–Kier alpha value is -2.45. The highest BCUT2D eigenvalue weighted by molar-refractivity contribution is 6.30. The lowest BCUT2D eigenvalue weighted by Gasteiger charge is -2.33. The van der Waals surface area contributed by atoms with Gasteiger partial charge in [0.15, 0.2) is 5.82 Å². The van der Waals surface area contributed by atoms with Gasteiger partial charge in [-0.15, -0.1) is 10.2 Å². The summed E-state index contributed by atoms with van der Waals surface area (Å²) in [7, 11) is 0. The molecule has 4 rings (SSSR count). The molecular weight excluding hydrogens is 342 g/mol. The molecule has 0 aromatic carbocycles. The zero-order valence-electron chi connectivity index (χ0n) is 13.8. The number of nitrogens with one attached hydrogen (secondary N) is 1. The monoisotopic (exact) mass is 359 g/mol. The van der Waals surface area contributed by atoms with Gasteiger partial charge in [0.05, 0.1) is 23.5 Å². The highest BCUT2D eigenvalue weighted by atomic mass is 35.5. The van der Waals surface area contributed by atoms with Crippen molar-refractivity contribution >= 4 is 11.6 Å². The van der Waals surface area contributed by atoms with E-state index >= 15 is 0 Å². The summed E-state index contributed by atoms with van der Waals surface area (Å²) in [5.41, 5.74) is 1.16. The first kappa shape index (κ1) is 16.0. The third-order valence-electron chi connectivity index (χ3n) is 4.38. The average Bonchev–Trinajstić information content (AvgIpc) is 3.26. The minimum atomic E-state index is 0.178. The van der Waals surface area contributed by atoms with E-state index in [-0.39, 0.29) is 6.04 Å². The van der Waals surface area contributed by atoms with E-state index in [9.17, 15) is 0 Å². The number of nitrogens with zero attached hydrogens (tertiary/aromatic N) is 6. The summed E-state index contributed by atoms with van der Waals surface area (Å²) >= 11 is 5.93. The molecule has 0 saturated carbocycles. The number of halogens is 1. The van der Waals surface area contributed by atoms with Crippen molar-refractivity contribution in [3.8, 4) is 5.75 Å². The van der Waals surface area contributed by atoms with Gasteiger partial charge in [-0.25, -0.2) is 0 Å². The number of hydrogen-bond acceptors (Lipinski definition) is 6.